The maximum absolute atomic E-state index is 11.6. The highest BCUT2D eigenvalue weighted by atomic mass is 31.2. The summed E-state index contributed by atoms with van der Waals surface area (Å²) in [5, 5.41) is 14.5. The number of aromatic nitrogens is 1. The second-order valence-electron chi connectivity index (χ2n) is 10.4. The van der Waals surface area contributed by atoms with E-state index in [0.717, 1.165) is 34.1 Å². The summed E-state index contributed by atoms with van der Waals surface area (Å²) in [4.78, 5) is 11.3. The summed E-state index contributed by atoms with van der Waals surface area (Å²) in [5.74, 6) is 0.721. The molecule has 0 saturated heterocycles. The molecule has 6 nitrogen and oxygen atoms in total. The van der Waals surface area contributed by atoms with Crippen LogP contribution in [-0.2, 0) is 6.54 Å². The smallest absolute Gasteiger partial charge is 0.271 e. The Morgan fingerprint density at radius 3 is 2.26 bits per heavy atom. The molecule has 4 aromatic carbocycles. The highest BCUT2D eigenvalue weighted by molar-refractivity contribution is 7.71. The summed E-state index contributed by atoms with van der Waals surface area (Å²) in [6.45, 7) is 11.4. The van der Waals surface area contributed by atoms with E-state index in [9.17, 15) is 10.1 Å². The van der Waals surface area contributed by atoms with Crippen LogP contribution in [0.15, 0.2) is 95.7 Å². The lowest BCUT2D eigenvalue weighted by molar-refractivity contribution is -0.384. The molecule has 0 unspecified atom stereocenters. The second-order valence-corrected chi connectivity index (χ2v) is 13.8. The Labute approximate surface area is 223 Å². The predicted octanol–water partition coefficient (Wildman–Crippen LogP) is 8.98. The van der Waals surface area contributed by atoms with E-state index in [0.29, 0.717) is 5.69 Å². The van der Waals surface area contributed by atoms with Crippen LogP contribution in [0.4, 0.5) is 11.4 Å². The van der Waals surface area contributed by atoms with Crippen molar-refractivity contribution in [1.82, 2.24) is 4.57 Å². The zero-order valence-electron chi connectivity index (χ0n) is 22.4. The zero-order chi connectivity index (χ0) is 27.1. The minimum absolute atomic E-state index is 0.0162. The van der Waals surface area contributed by atoms with Crippen molar-refractivity contribution in [1.29, 1.82) is 0 Å². The molecule has 0 bridgehead atoms. The number of para-hydroxylation sites is 2. The van der Waals surface area contributed by atoms with Gasteiger partial charge in [-0.2, -0.15) is 0 Å². The minimum atomic E-state index is -2.84. The van der Waals surface area contributed by atoms with Gasteiger partial charge in [0.25, 0.3) is 5.69 Å². The van der Waals surface area contributed by atoms with E-state index in [2.05, 4.69) is 74.7 Å². The number of non-ortho nitro benzene ring substituents is 1. The Balaban J connectivity index is 1.88. The molecule has 0 amide bonds. The molecule has 5 rings (SSSR count). The molecule has 1 heterocycles. The molecule has 194 valence electrons. The zero-order valence-corrected chi connectivity index (χ0v) is 23.3. The molecule has 38 heavy (non-hydrogen) atoms. The SMILES string of the molecule is CCn1c2ccccc2c2cc([P@](=Nc3cc([N+](=O)[O-])ccc3C)(Oc3ccccc3)C(C)(C)C)ccc21. The molecule has 1 atom stereocenters. The molecule has 7 heteroatoms. The number of nitrogens with zero attached hydrogens (tertiary/aromatic N) is 3. The Hall–Kier alpha value is -3.89. The number of hydrogen-bond donors (Lipinski definition) is 0. The lowest BCUT2D eigenvalue weighted by Gasteiger charge is -2.37. The number of rotatable bonds is 6. The standard InChI is InChI=1S/C31H32N3O3P/c1-6-33-29-15-11-10-14-26(29)27-21-25(18-19-30(27)33)38(31(3,4)5,37-24-12-8-7-9-13-24)32-28-20-23(34(35)36)17-16-22(28)2/h7-21H,6H2,1-5H3/t38-/m0/s1. The van der Waals surface area contributed by atoms with E-state index in [1.807, 2.05) is 37.3 Å². The van der Waals surface area contributed by atoms with Crippen molar-refractivity contribution in [3.05, 3.63) is 107 Å². The first-order chi connectivity index (χ1) is 18.1. The van der Waals surface area contributed by atoms with Crippen LogP contribution in [0.3, 0.4) is 0 Å². The third kappa shape index (κ3) is 4.39. The normalized spacial score (nSPS) is 13.4. The van der Waals surface area contributed by atoms with Crippen LogP contribution >= 0.6 is 7.28 Å². The molecular formula is C31H32N3O3P. The van der Waals surface area contributed by atoms with Gasteiger partial charge in [0.2, 0.25) is 0 Å². The highest BCUT2D eigenvalue weighted by Gasteiger charge is 2.39. The minimum Gasteiger partial charge on any atom is -0.455 e. The van der Waals surface area contributed by atoms with E-state index < -0.39 is 12.4 Å². The van der Waals surface area contributed by atoms with Crippen molar-refractivity contribution < 1.29 is 9.45 Å². The van der Waals surface area contributed by atoms with E-state index in [4.69, 9.17) is 9.27 Å². The molecule has 0 N–H and O–H groups in total. The highest BCUT2D eigenvalue weighted by Crippen LogP contribution is 2.62. The number of nitro groups is 1. The van der Waals surface area contributed by atoms with Gasteiger partial charge in [0.15, 0.2) is 7.28 Å². The van der Waals surface area contributed by atoms with Crippen molar-refractivity contribution in [2.45, 2.75) is 46.3 Å². The second kappa shape index (κ2) is 9.77. The monoisotopic (exact) mass is 525 g/mol. The average Bonchev–Trinajstić information content (AvgIpc) is 3.22. The Morgan fingerprint density at radius 2 is 1.58 bits per heavy atom. The van der Waals surface area contributed by atoms with Crippen LogP contribution < -0.4 is 9.83 Å². The van der Waals surface area contributed by atoms with Crippen LogP contribution in [0.25, 0.3) is 21.8 Å². The quantitative estimate of drug-likeness (QED) is 0.126. The van der Waals surface area contributed by atoms with E-state index in [-0.39, 0.29) is 10.6 Å². The summed E-state index contributed by atoms with van der Waals surface area (Å²) in [7, 11) is -2.84. The molecule has 0 aliphatic carbocycles. The molecule has 0 aliphatic heterocycles. The van der Waals surface area contributed by atoms with Gasteiger partial charge in [0.1, 0.15) is 5.75 Å². The third-order valence-corrected chi connectivity index (χ3v) is 10.7. The number of hydrogen-bond acceptors (Lipinski definition) is 4. The van der Waals surface area contributed by atoms with Crippen LogP contribution in [-0.4, -0.2) is 14.6 Å². The van der Waals surface area contributed by atoms with Crippen LogP contribution in [0, 0.1) is 17.0 Å². The Bertz CT molecular complexity index is 1720. The van der Waals surface area contributed by atoms with E-state index >= 15 is 0 Å². The fraction of sp³-hybridized carbons (Fsp3) is 0.226. The van der Waals surface area contributed by atoms with Crippen LogP contribution in [0.2, 0.25) is 0 Å². The molecule has 0 fully saturated rings. The number of fused-ring (bicyclic) bond motifs is 3. The van der Waals surface area contributed by atoms with Gasteiger partial charge in [0, 0.05) is 50.9 Å². The number of aryl methyl sites for hydroxylation is 2. The topological polar surface area (TPSA) is 69.7 Å². The van der Waals surface area contributed by atoms with Crippen molar-refractivity contribution in [2.75, 3.05) is 0 Å². The Morgan fingerprint density at radius 1 is 0.895 bits per heavy atom. The summed E-state index contributed by atoms with van der Waals surface area (Å²) in [6.07, 6.45) is 0. The molecule has 0 saturated carbocycles. The van der Waals surface area contributed by atoms with Crippen molar-refractivity contribution >= 4 is 45.8 Å². The lowest BCUT2D eigenvalue weighted by Crippen LogP contribution is -2.27. The first-order valence-electron chi connectivity index (χ1n) is 12.8. The number of nitro benzene ring substituents is 1. The molecule has 0 spiro atoms. The fourth-order valence-electron chi connectivity index (χ4n) is 4.98. The van der Waals surface area contributed by atoms with Gasteiger partial charge in [-0.05, 0) is 55.8 Å². The Kier molecular flexibility index (Phi) is 6.62. The van der Waals surface area contributed by atoms with Gasteiger partial charge in [-0.25, -0.2) is 4.74 Å². The van der Waals surface area contributed by atoms with Crippen LogP contribution in [0.1, 0.15) is 33.3 Å². The predicted molar refractivity (Wildman–Crippen MR) is 158 cm³/mol. The third-order valence-electron chi connectivity index (χ3n) is 6.96. The fourth-order valence-corrected chi connectivity index (χ4v) is 8.12. The molecule has 5 aromatic rings. The van der Waals surface area contributed by atoms with Gasteiger partial charge in [-0.1, -0.05) is 63.2 Å². The lowest BCUT2D eigenvalue weighted by atomic mass is 10.1. The van der Waals surface area contributed by atoms with Crippen LogP contribution in [0.5, 0.6) is 5.75 Å². The number of benzene rings is 4. The van der Waals surface area contributed by atoms with E-state index in [1.54, 1.807) is 12.1 Å². The van der Waals surface area contributed by atoms with Gasteiger partial charge in [0.05, 0.1) is 10.6 Å². The van der Waals surface area contributed by atoms with Gasteiger partial charge < -0.3 is 9.09 Å². The summed E-state index contributed by atoms with van der Waals surface area (Å²) in [5.41, 5.74) is 3.81. The molecule has 1 aromatic heterocycles. The molecule has 0 aliphatic rings. The summed E-state index contributed by atoms with van der Waals surface area (Å²) < 4.78 is 14.7. The van der Waals surface area contributed by atoms with Gasteiger partial charge >= 0.3 is 0 Å². The summed E-state index contributed by atoms with van der Waals surface area (Å²) in [6, 6.07) is 29.5. The largest absolute Gasteiger partial charge is 0.455 e. The molecule has 0 radical (unpaired) electrons. The van der Waals surface area contributed by atoms with Crippen molar-refractivity contribution in [3.8, 4) is 5.75 Å². The van der Waals surface area contributed by atoms with Crippen molar-refractivity contribution in [3.63, 3.8) is 0 Å². The van der Waals surface area contributed by atoms with E-state index in [1.165, 1.54) is 17.0 Å². The summed E-state index contributed by atoms with van der Waals surface area (Å²) >= 11 is 0. The molecular weight excluding hydrogens is 493 g/mol. The maximum atomic E-state index is 11.6. The van der Waals surface area contributed by atoms with Crippen molar-refractivity contribution in [2.24, 2.45) is 4.74 Å². The first-order valence-corrected chi connectivity index (χ1v) is 14.4. The maximum Gasteiger partial charge on any atom is 0.271 e. The van der Waals surface area contributed by atoms with Gasteiger partial charge in [-0.15, -0.1) is 0 Å². The average molecular weight is 526 g/mol. The van der Waals surface area contributed by atoms with Gasteiger partial charge in [-0.3, -0.25) is 10.1 Å². The first kappa shape index (κ1) is 25.7.